The number of carbonyl (C=O) groups is 4. The van der Waals surface area contributed by atoms with Gasteiger partial charge >= 0.3 is 5.97 Å². The molecule has 0 aromatic heterocycles. The Kier molecular flexibility index (Phi) is 6.61. The van der Waals surface area contributed by atoms with Crippen molar-refractivity contribution in [2.24, 2.45) is 0 Å². The smallest absolute Gasteiger partial charge is 0.326 e. The number of amides is 3. The van der Waals surface area contributed by atoms with E-state index >= 15 is 0 Å². The van der Waals surface area contributed by atoms with Gasteiger partial charge in [0.2, 0.25) is 5.91 Å². The molecule has 9 heteroatoms. The molecular weight excluding hydrogens is 438 g/mol. The van der Waals surface area contributed by atoms with Gasteiger partial charge in [-0.15, -0.1) is 0 Å². The topological polar surface area (TPSA) is 136 Å². The maximum Gasteiger partial charge on any atom is 0.326 e. The van der Waals surface area contributed by atoms with Gasteiger partial charge in [-0.2, -0.15) is 0 Å². The van der Waals surface area contributed by atoms with E-state index in [0.29, 0.717) is 19.4 Å². The number of carboxylic acid groups (broad SMARTS) is 1. The molecule has 2 aromatic carbocycles. The summed E-state index contributed by atoms with van der Waals surface area (Å²) in [4.78, 5) is 49.5. The third kappa shape index (κ3) is 4.49. The average molecular weight is 461 g/mol. The molecule has 0 aliphatic carbocycles. The molecule has 0 saturated carbocycles. The van der Waals surface area contributed by atoms with Gasteiger partial charge in [0.1, 0.15) is 6.04 Å². The molecule has 2 aliphatic heterocycles. The molecular formula is C25H23N3O6. The fourth-order valence-electron chi connectivity index (χ4n) is 4.33. The molecule has 0 spiro atoms. The van der Waals surface area contributed by atoms with E-state index < -0.39 is 29.7 Å². The predicted octanol–water partition coefficient (Wildman–Crippen LogP) is 2.36. The van der Waals surface area contributed by atoms with E-state index in [-0.39, 0.29) is 29.9 Å². The molecule has 34 heavy (non-hydrogen) atoms. The van der Waals surface area contributed by atoms with Gasteiger partial charge < -0.3 is 10.4 Å². The molecule has 4 rings (SSSR count). The number of hydrogen-bond acceptors (Lipinski definition) is 6. The number of hydrogen-bond donors (Lipinski definition) is 4. The Hall–Kier alpha value is -4.16. The third-order valence-electron chi connectivity index (χ3n) is 6.03. The van der Waals surface area contributed by atoms with Crippen molar-refractivity contribution >= 4 is 29.4 Å². The number of carbonyl (C=O) groups excluding carboxylic acids is 3. The standard InChI is InChI=1S/C25H23N3O6/c29-22(27-34)9-3-1-2-6-15-10-11-17-16(14-26-20(17)12-15)13-21(25(32)33)28-23(30)18-7-4-5-8-19(18)24(28)31/h4-5,7-8,10-12,16,21,26,34H,1,3,9,13-14H2,(H,27,29)(H,32,33)/t16?,21-/m0/s1. The van der Waals surface area contributed by atoms with Crippen LogP contribution in [0.4, 0.5) is 5.69 Å². The Balaban J connectivity index is 1.46. The lowest BCUT2D eigenvalue weighted by atomic mass is 9.92. The van der Waals surface area contributed by atoms with Crippen molar-refractivity contribution in [3.63, 3.8) is 0 Å². The van der Waals surface area contributed by atoms with Gasteiger partial charge in [-0.05, 0) is 42.7 Å². The maximum absolute atomic E-state index is 12.8. The summed E-state index contributed by atoms with van der Waals surface area (Å²) in [7, 11) is 0. The first kappa shape index (κ1) is 23.0. The first-order valence-electron chi connectivity index (χ1n) is 10.9. The van der Waals surface area contributed by atoms with E-state index in [1.54, 1.807) is 17.6 Å². The van der Waals surface area contributed by atoms with E-state index in [4.69, 9.17) is 5.21 Å². The van der Waals surface area contributed by atoms with Crippen LogP contribution in [0.25, 0.3) is 0 Å². The molecule has 0 bridgehead atoms. The number of hydroxylamine groups is 1. The minimum absolute atomic E-state index is 0.0960. The molecule has 0 saturated heterocycles. The van der Waals surface area contributed by atoms with Crippen molar-refractivity contribution in [3.8, 4) is 11.8 Å². The van der Waals surface area contributed by atoms with Gasteiger partial charge in [0, 0.05) is 36.6 Å². The molecule has 174 valence electrons. The number of nitrogens with one attached hydrogen (secondary N) is 2. The number of imide groups is 1. The highest BCUT2D eigenvalue weighted by molar-refractivity contribution is 6.22. The van der Waals surface area contributed by atoms with Crippen molar-refractivity contribution in [2.45, 2.75) is 37.6 Å². The molecule has 9 nitrogen and oxygen atoms in total. The molecule has 2 aromatic rings. The minimum atomic E-state index is -1.28. The summed E-state index contributed by atoms with van der Waals surface area (Å²) in [5.74, 6) is 2.99. The molecule has 2 aliphatic rings. The number of benzene rings is 2. The predicted molar refractivity (Wildman–Crippen MR) is 121 cm³/mol. The number of unbranched alkanes of at least 4 members (excludes halogenated alkanes) is 1. The van der Waals surface area contributed by atoms with Gasteiger partial charge in [0.05, 0.1) is 11.1 Å². The van der Waals surface area contributed by atoms with Crippen LogP contribution in [-0.2, 0) is 9.59 Å². The lowest BCUT2D eigenvalue weighted by Crippen LogP contribution is -2.45. The number of anilines is 1. The zero-order valence-electron chi connectivity index (χ0n) is 18.2. The molecule has 3 amide bonds. The van der Waals surface area contributed by atoms with E-state index in [9.17, 15) is 24.3 Å². The average Bonchev–Trinajstić information content (AvgIpc) is 3.35. The Morgan fingerprint density at radius 2 is 1.85 bits per heavy atom. The molecule has 4 N–H and O–H groups in total. The Morgan fingerprint density at radius 1 is 1.15 bits per heavy atom. The zero-order valence-corrected chi connectivity index (χ0v) is 18.2. The molecule has 1 unspecified atom stereocenters. The first-order valence-corrected chi connectivity index (χ1v) is 10.9. The minimum Gasteiger partial charge on any atom is -0.480 e. The summed E-state index contributed by atoms with van der Waals surface area (Å²) >= 11 is 0. The van der Waals surface area contributed by atoms with Crippen LogP contribution in [0, 0.1) is 11.8 Å². The fourth-order valence-corrected chi connectivity index (χ4v) is 4.33. The quantitative estimate of drug-likeness (QED) is 0.163. The second-order valence-electron chi connectivity index (χ2n) is 8.19. The summed E-state index contributed by atoms with van der Waals surface area (Å²) in [5.41, 5.74) is 4.55. The lowest BCUT2D eigenvalue weighted by Gasteiger charge is -2.25. The van der Waals surface area contributed by atoms with Crippen molar-refractivity contribution in [3.05, 3.63) is 64.7 Å². The number of carboxylic acids is 1. The van der Waals surface area contributed by atoms with Crippen LogP contribution in [0.3, 0.4) is 0 Å². The largest absolute Gasteiger partial charge is 0.480 e. The van der Waals surface area contributed by atoms with Crippen molar-refractivity contribution < 1.29 is 29.5 Å². The van der Waals surface area contributed by atoms with Gasteiger partial charge in [0.15, 0.2) is 0 Å². The van der Waals surface area contributed by atoms with Crippen LogP contribution in [-0.4, -0.2) is 51.5 Å². The second-order valence-corrected chi connectivity index (χ2v) is 8.19. The summed E-state index contributed by atoms with van der Waals surface area (Å²) in [6.45, 7) is 0.482. The molecule has 2 atom stereocenters. The molecule has 2 heterocycles. The highest BCUT2D eigenvalue weighted by Crippen LogP contribution is 2.37. The van der Waals surface area contributed by atoms with Crippen molar-refractivity contribution in [2.75, 3.05) is 11.9 Å². The SMILES string of the molecule is O=C(CCCC#Cc1ccc2c(c1)NCC2C[C@@H](C(=O)O)N1C(=O)c2ccccc2C1=O)NO. The Labute approximate surface area is 195 Å². The summed E-state index contributed by atoms with van der Waals surface area (Å²) in [5, 5.41) is 21.6. The number of fused-ring (bicyclic) bond motifs is 2. The normalized spacial score (nSPS) is 16.7. The van der Waals surface area contributed by atoms with Gasteiger partial charge in [-0.1, -0.05) is 30.0 Å². The summed E-state index contributed by atoms with van der Waals surface area (Å²) in [6.07, 6.45) is 1.31. The van der Waals surface area contributed by atoms with Gasteiger partial charge in [-0.25, -0.2) is 10.3 Å². The lowest BCUT2D eigenvalue weighted by molar-refractivity contribution is -0.142. The van der Waals surface area contributed by atoms with E-state index in [2.05, 4.69) is 17.2 Å². The monoisotopic (exact) mass is 461 g/mol. The van der Waals surface area contributed by atoms with Crippen LogP contribution in [0.1, 0.15) is 63.4 Å². The van der Waals surface area contributed by atoms with Crippen LogP contribution < -0.4 is 10.8 Å². The van der Waals surface area contributed by atoms with Crippen LogP contribution in [0.15, 0.2) is 42.5 Å². The summed E-state index contributed by atoms with van der Waals surface area (Å²) in [6, 6.07) is 10.7. The first-order chi connectivity index (χ1) is 16.4. The van der Waals surface area contributed by atoms with Gasteiger partial charge in [-0.3, -0.25) is 24.5 Å². The van der Waals surface area contributed by atoms with E-state index in [0.717, 1.165) is 21.7 Å². The van der Waals surface area contributed by atoms with Crippen molar-refractivity contribution in [1.29, 1.82) is 0 Å². The third-order valence-corrected chi connectivity index (χ3v) is 6.03. The highest BCUT2D eigenvalue weighted by Gasteiger charge is 2.44. The number of aliphatic carboxylic acids is 1. The number of nitrogens with zero attached hydrogens (tertiary/aromatic N) is 1. The number of rotatable bonds is 7. The second kappa shape index (κ2) is 9.77. The molecule has 0 radical (unpaired) electrons. The van der Waals surface area contributed by atoms with Crippen LogP contribution >= 0.6 is 0 Å². The highest BCUT2D eigenvalue weighted by atomic mass is 16.5. The zero-order chi connectivity index (χ0) is 24.2. The molecule has 0 fully saturated rings. The van der Waals surface area contributed by atoms with Gasteiger partial charge in [0.25, 0.3) is 11.8 Å². The van der Waals surface area contributed by atoms with E-state index in [1.807, 2.05) is 18.2 Å². The van der Waals surface area contributed by atoms with E-state index in [1.165, 1.54) is 12.1 Å². The van der Waals surface area contributed by atoms with Crippen LogP contribution in [0.2, 0.25) is 0 Å². The fraction of sp³-hybridized carbons (Fsp3) is 0.280. The maximum atomic E-state index is 12.8. The van der Waals surface area contributed by atoms with Crippen molar-refractivity contribution in [1.82, 2.24) is 10.4 Å². The Morgan fingerprint density at radius 3 is 2.50 bits per heavy atom. The van der Waals surface area contributed by atoms with Crippen LogP contribution in [0.5, 0.6) is 0 Å². The summed E-state index contributed by atoms with van der Waals surface area (Å²) < 4.78 is 0. The Bertz CT molecular complexity index is 1190.